The first-order valence-corrected chi connectivity index (χ1v) is 7.22. The predicted molar refractivity (Wildman–Crippen MR) is 80.2 cm³/mol. The van der Waals surface area contributed by atoms with Crippen LogP contribution in [0.5, 0.6) is 0 Å². The average Bonchev–Trinajstić information content (AvgIpc) is 2.41. The van der Waals surface area contributed by atoms with E-state index in [1.807, 2.05) is 12.1 Å². The molecule has 0 heterocycles. The molecule has 19 heavy (non-hydrogen) atoms. The Balaban J connectivity index is 2.34. The third-order valence-electron chi connectivity index (χ3n) is 3.19. The molecule has 2 nitrogen and oxygen atoms in total. The van der Waals surface area contributed by atoms with E-state index in [2.05, 4.69) is 19.1 Å². The van der Waals surface area contributed by atoms with Gasteiger partial charge in [-0.25, -0.2) is 4.79 Å². The second-order valence-electron chi connectivity index (χ2n) is 4.93. The molecule has 1 aromatic rings. The van der Waals surface area contributed by atoms with Gasteiger partial charge in [0, 0.05) is 6.08 Å². The van der Waals surface area contributed by atoms with Crippen LogP contribution in [0.25, 0.3) is 6.08 Å². The van der Waals surface area contributed by atoms with Crippen molar-refractivity contribution in [1.29, 1.82) is 0 Å². The van der Waals surface area contributed by atoms with Gasteiger partial charge < -0.3 is 5.11 Å². The second kappa shape index (κ2) is 9.37. The lowest BCUT2D eigenvalue weighted by Gasteiger charge is -2.03. The van der Waals surface area contributed by atoms with Crippen LogP contribution in [0.3, 0.4) is 0 Å². The van der Waals surface area contributed by atoms with Crippen molar-refractivity contribution in [3.05, 3.63) is 41.5 Å². The molecule has 104 valence electrons. The number of carbonyl (C=O) groups is 1. The number of carboxylic acids is 1. The normalized spacial score (nSPS) is 11.0. The second-order valence-corrected chi connectivity index (χ2v) is 4.93. The quantitative estimate of drug-likeness (QED) is 0.516. The van der Waals surface area contributed by atoms with Crippen molar-refractivity contribution in [3.63, 3.8) is 0 Å². The molecule has 0 aliphatic rings. The number of carboxylic acid groups (broad SMARTS) is 1. The molecule has 0 radical (unpaired) electrons. The van der Waals surface area contributed by atoms with E-state index in [1.165, 1.54) is 50.2 Å². The molecule has 0 atom stereocenters. The first-order chi connectivity index (χ1) is 9.22. The summed E-state index contributed by atoms with van der Waals surface area (Å²) in [6.45, 7) is 2.23. The lowest BCUT2D eigenvalue weighted by molar-refractivity contribution is -0.131. The van der Waals surface area contributed by atoms with E-state index in [-0.39, 0.29) is 0 Å². The van der Waals surface area contributed by atoms with E-state index < -0.39 is 5.97 Å². The van der Waals surface area contributed by atoms with Crippen LogP contribution in [-0.2, 0) is 11.2 Å². The molecule has 0 amide bonds. The molecule has 0 fully saturated rings. The van der Waals surface area contributed by atoms with Crippen molar-refractivity contribution in [3.8, 4) is 0 Å². The van der Waals surface area contributed by atoms with Crippen molar-refractivity contribution in [1.82, 2.24) is 0 Å². The zero-order valence-corrected chi connectivity index (χ0v) is 11.8. The molecule has 0 saturated carbocycles. The van der Waals surface area contributed by atoms with Crippen LogP contribution < -0.4 is 0 Å². The molecule has 0 spiro atoms. The minimum atomic E-state index is -0.902. The van der Waals surface area contributed by atoms with Crippen LogP contribution in [0.2, 0.25) is 0 Å². The van der Waals surface area contributed by atoms with Crippen molar-refractivity contribution in [2.45, 2.75) is 51.9 Å². The summed E-state index contributed by atoms with van der Waals surface area (Å²) in [5.41, 5.74) is 2.26. The van der Waals surface area contributed by atoms with Crippen LogP contribution in [0, 0.1) is 0 Å². The van der Waals surface area contributed by atoms with Gasteiger partial charge in [0.15, 0.2) is 0 Å². The fourth-order valence-corrected chi connectivity index (χ4v) is 2.13. The molecule has 1 rings (SSSR count). The topological polar surface area (TPSA) is 37.3 Å². The summed E-state index contributed by atoms with van der Waals surface area (Å²) in [6.07, 6.45) is 11.7. The monoisotopic (exact) mass is 260 g/mol. The number of aryl methyl sites for hydroxylation is 1. The highest BCUT2D eigenvalue weighted by Crippen LogP contribution is 2.12. The summed E-state index contributed by atoms with van der Waals surface area (Å²) in [7, 11) is 0. The summed E-state index contributed by atoms with van der Waals surface area (Å²) < 4.78 is 0. The Morgan fingerprint density at radius 3 is 2.63 bits per heavy atom. The van der Waals surface area contributed by atoms with Crippen LogP contribution in [0.15, 0.2) is 30.3 Å². The van der Waals surface area contributed by atoms with Gasteiger partial charge in [-0.1, -0.05) is 63.3 Å². The predicted octanol–water partition coefficient (Wildman–Crippen LogP) is 4.69. The van der Waals surface area contributed by atoms with Gasteiger partial charge in [0.2, 0.25) is 0 Å². The Hall–Kier alpha value is -1.57. The summed E-state index contributed by atoms with van der Waals surface area (Å²) in [6, 6.07) is 8.12. The van der Waals surface area contributed by atoms with Gasteiger partial charge in [0.1, 0.15) is 0 Å². The Bertz CT molecular complexity index is 407. The van der Waals surface area contributed by atoms with Gasteiger partial charge in [-0.15, -0.1) is 0 Å². The average molecular weight is 260 g/mol. The molecule has 0 aliphatic carbocycles. The molecule has 0 aromatic heterocycles. The Morgan fingerprint density at radius 1 is 1.16 bits per heavy atom. The highest BCUT2D eigenvalue weighted by molar-refractivity contribution is 5.85. The first-order valence-electron chi connectivity index (χ1n) is 7.22. The Morgan fingerprint density at radius 2 is 1.89 bits per heavy atom. The zero-order valence-electron chi connectivity index (χ0n) is 11.8. The summed E-state index contributed by atoms with van der Waals surface area (Å²) >= 11 is 0. The molecular weight excluding hydrogens is 236 g/mol. The fraction of sp³-hybridized carbons (Fsp3) is 0.471. The first kappa shape index (κ1) is 15.5. The minimum Gasteiger partial charge on any atom is -0.478 e. The largest absolute Gasteiger partial charge is 0.478 e. The van der Waals surface area contributed by atoms with E-state index in [4.69, 9.17) is 5.11 Å². The molecular formula is C17H24O2. The maximum absolute atomic E-state index is 10.5. The van der Waals surface area contributed by atoms with Crippen molar-refractivity contribution in [2.75, 3.05) is 0 Å². The van der Waals surface area contributed by atoms with Gasteiger partial charge in [0.25, 0.3) is 0 Å². The molecule has 2 heteroatoms. The van der Waals surface area contributed by atoms with Crippen LogP contribution >= 0.6 is 0 Å². The number of rotatable bonds is 9. The summed E-state index contributed by atoms with van der Waals surface area (Å²) in [5, 5.41) is 8.60. The Labute approximate surface area is 116 Å². The third-order valence-corrected chi connectivity index (χ3v) is 3.19. The van der Waals surface area contributed by atoms with E-state index in [0.29, 0.717) is 0 Å². The maximum Gasteiger partial charge on any atom is 0.328 e. The van der Waals surface area contributed by atoms with E-state index in [1.54, 1.807) is 6.08 Å². The number of hydrogen-bond acceptors (Lipinski definition) is 1. The SMILES string of the molecule is CCCCCCCCc1cccc(C=CC(=O)O)c1. The van der Waals surface area contributed by atoms with Crippen molar-refractivity contribution in [2.24, 2.45) is 0 Å². The number of unbranched alkanes of at least 4 members (excludes halogenated alkanes) is 5. The van der Waals surface area contributed by atoms with Crippen molar-refractivity contribution >= 4 is 12.0 Å². The fourth-order valence-electron chi connectivity index (χ4n) is 2.13. The van der Waals surface area contributed by atoms with Crippen molar-refractivity contribution < 1.29 is 9.90 Å². The minimum absolute atomic E-state index is 0.902. The number of benzene rings is 1. The van der Waals surface area contributed by atoms with Gasteiger partial charge in [0.05, 0.1) is 0 Å². The van der Waals surface area contributed by atoms with Gasteiger partial charge >= 0.3 is 5.97 Å². The van der Waals surface area contributed by atoms with Crippen LogP contribution in [0.1, 0.15) is 56.6 Å². The number of aliphatic carboxylic acids is 1. The van der Waals surface area contributed by atoms with Gasteiger partial charge in [-0.05, 0) is 30.0 Å². The van der Waals surface area contributed by atoms with E-state index in [0.717, 1.165) is 12.0 Å². The highest BCUT2D eigenvalue weighted by Gasteiger charge is 1.96. The third kappa shape index (κ3) is 7.45. The molecule has 0 saturated heterocycles. The van der Waals surface area contributed by atoms with Gasteiger partial charge in [-0.3, -0.25) is 0 Å². The lowest BCUT2D eigenvalue weighted by Crippen LogP contribution is -1.88. The van der Waals surface area contributed by atoms with E-state index in [9.17, 15) is 4.79 Å². The molecule has 1 aromatic carbocycles. The summed E-state index contributed by atoms with van der Waals surface area (Å²) in [5.74, 6) is -0.902. The molecule has 0 bridgehead atoms. The summed E-state index contributed by atoms with van der Waals surface area (Å²) in [4.78, 5) is 10.5. The van der Waals surface area contributed by atoms with Gasteiger partial charge in [-0.2, -0.15) is 0 Å². The molecule has 0 aliphatic heterocycles. The lowest BCUT2D eigenvalue weighted by atomic mass is 10.0. The Kier molecular flexibility index (Phi) is 7.64. The molecule has 1 N–H and O–H groups in total. The highest BCUT2D eigenvalue weighted by atomic mass is 16.4. The smallest absolute Gasteiger partial charge is 0.328 e. The standard InChI is InChI=1S/C17H24O2/c1-2-3-4-5-6-7-9-15-10-8-11-16(14-15)12-13-17(18)19/h8,10-14H,2-7,9H2,1H3,(H,18,19). The molecule has 0 unspecified atom stereocenters. The number of hydrogen-bond donors (Lipinski definition) is 1. The van der Waals surface area contributed by atoms with Crippen LogP contribution in [-0.4, -0.2) is 11.1 Å². The maximum atomic E-state index is 10.5. The zero-order chi connectivity index (χ0) is 13.9. The van der Waals surface area contributed by atoms with E-state index >= 15 is 0 Å². The van der Waals surface area contributed by atoms with Crippen LogP contribution in [0.4, 0.5) is 0 Å².